The van der Waals surface area contributed by atoms with Crippen LogP contribution >= 0.6 is 11.6 Å². The SMILES string of the molecule is Cc1nc2c(Cl)c(C)nc(C)n2c(=O)c1CCN. The standard InChI is InChI=1S/C12H15ClN4O/c1-6-9(4-5-14)12(18)17-8(3)15-7(2)10(13)11(17)16-6/h4-5,14H2,1-3H3. The van der Waals surface area contributed by atoms with Crippen LogP contribution in [0, 0.1) is 20.8 Å². The highest BCUT2D eigenvalue weighted by atomic mass is 35.5. The lowest BCUT2D eigenvalue weighted by atomic mass is 10.1. The van der Waals surface area contributed by atoms with Crippen molar-refractivity contribution < 1.29 is 0 Å². The molecule has 96 valence electrons. The monoisotopic (exact) mass is 266 g/mol. The van der Waals surface area contributed by atoms with Crippen LogP contribution in [-0.4, -0.2) is 20.9 Å². The Morgan fingerprint density at radius 1 is 1.22 bits per heavy atom. The highest BCUT2D eigenvalue weighted by Crippen LogP contribution is 2.19. The molecule has 0 aliphatic rings. The Balaban J connectivity index is 2.95. The van der Waals surface area contributed by atoms with Gasteiger partial charge in [0.1, 0.15) is 10.8 Å². The smallest absolute Gasteiger partial charge is 0.262 e. The van der Waals surface area contributed by atoms with Gasteiger partial charge in [0.05, 0.1) is 5.69 Å². The van der Waals surface area contributed by atoms with Crippen LogP contribution in [0.4, 0.5) is 0 Å². The first-order valence-electron chi connectivity index (χ1n) is 5.72. The van der Waals surface area contributed by atoms with Crippen molar-refractivity contribution in [2.45, 2.75) is 27.2 Å². The Bertz CT molecular complexity index is 678. The van der Waals surface area contributed by atoms with Gasteiger partial charge in [-0.05, 0) is 33.7 Å². The topological polar surface area (TPSA) is 73.3 Å². The number of nitrogens with two attached hydrogens (primary N) is 1. The van der Waals surface area contributed by atoms with Gasteiger partial charge in [-0.1, -0.05) is 11.6 Å². The van der Waals surface area contributed by atoms with E-state index in [1.54, 1.807) is 20.8 Å². The van der Waals surface area contributed by atoms with Gasteiger partial charge in [0.2, 0.25) is 0 Å². The molecule has 18 heavy (non-hydrogen) atoms. The number of rotatable bonds is 2. The Kier molecular flexibility index (Phi) is 3.36. The highest BCUT2D eigenvalue weighted by Gasteiger charge is 2.15. The number of nitrogens with zero attached hydrogens (tertiary/aromatic N) is 3. The van der Waals surface area contributed by atoms with E-state index < -0.39 is 0 Å². The van der Waals surface area contributed by atoms with Gasteiger partial charge in [-0.2, -0.15) is 0 Å². The Morgan fingerprint density at radius 2 is 1.89 bits per heavy atom. The van der Waals surface area contributed by atoms with Gasteiger partial charge in [0.15, 0.2) is 5.65 Å². The van der Waals surface area contributed by atoms with E-state index in [-0.39, 0.29) is 5.56 Å². The van der Waals surface area contributed by atoms with Crippen LogP contribution < -0.4 is 11.3 Å². The van der Waals surface area contributed by atoms with E-state index in [1.807, 2.05) is 0 Å². The molecular weight excluding hydrogens is 252 g/mol. The fraction of sp³-hybridized carbons (Fsp3) is 0.417. The molecule has 0 saturated heterocycles. The maximum Gasteiger partial charge on any atom is 0.262 e. The maximum atomic E-state index is 12.4. The van der Waals surface area contributed by atoms with Crippen molar-refractivity contribution >= 4 is 17.2 Å². The summed E-state index contributed by atoms with van der Waals surface area (Å²) in [6.45, 7) is 5.77. The van der Waals surface area contributed by atoms with Crippen molar-refractivity contribution in [2.75, 3.05) is 6.54 Å². The summed E-state index contributed by atoms with van der Waals surface area (Å²) < 4.78 is 1.45. The average Bonchev–Trinajstić information content (AvgIpc) is 2.30. The van der Waals surface area contributed by atoms with Gasteiger partial charge >= 0.3 is 0 Å². The third-order valence-electron chi connectivity index (χ3n) is 2.94. The molecule has 0 aromatic carbocycles. The second kappa shape index (κ2) is 4.66. The predicted octanol–water partition coefficient (Wildman–Crippen LogP) is 1.17. The van der Waals surface area contributed by atoms with Crippen molar-refractivity contribution in [2.24, 2.45) is 5.73 Å². The molecule has 0 aliphatic heterocycles. The molecule has 0 bridgehead atoms. The zero-order valence-electron chi connectivity index (χ0n) is 10.6. The van der Waals surface area contributed by atoms with E-state index >= 15 is 0 Å². The quantitative estimate of drug-likeness (QED) is 0.886. The van der Waals surface area contributed by atoms with E-state index in [2.05, 4.69) is 9.97 Å². The Labute approximate surface area is 110 Å². The molecule has 2 heterocycles. The zero-order valence-corrected chi connectivity index (χ0v) is 11.4. The molecule has 2 rings (SSSR count). The lowest BCUT2D eigenvalue weighted by molar-refractivity contribution is 0.843. The first kappa shape index (κ1) is 13.0. The molecule has 0 aliphatic carbocycles. The number of aromatic nitrogens is 3. The third kappa shape index (κ3) is 1.89. The normalized spacial score (nSPS) is 11.2. The molecule has 0 atom stereocenters. The van der Waals surface area contributed by atoms with Crippen molar-refractivity contribution in [1.29, 1.82) is 0 Å². The summed E-state index contributed by atoms with van der Waals surface area (Å²) in [7, 11) is 0. The number of halogens is 1. The summed E-state index contributed by atoms with van der Waals surface area (Å²) >= 11 is 6.16. The molecule has 0 fully saturated rings. The minimum Gasteiger partial charge on any atom is -0.330 e. The number of hydrogen-bond donors (Lipinski definition) is 1. The van der Waals surface area contributed by atoms with Crippen LogP contribution in [-0.2, 0) is 6.42 Å². The van der Waals surface area contributed by atoms with E-state index in [9.17, 15) is 4.79 Å². The number of hydrogen-bond acceptors (Lipinski definition) is 4. The summed E-state index contributed by atoms with van der Waals surface area (Å²) in [5, 5.41) is 0.417. The van der Waals surface area contributed by atoms with Gasteiger partial charge in [-0.15, -0.1) is 0 Å². The molecule has 0 saturated carbocycles. The highest BCUT2D eigenvalue weighted by molar-refractivity contribution is 6.34. The molecule has 0 spiro atoms. The molecule has 2 aromatic rings. The van der Waals surface area contributed by atoms with Crippen LogP contribution in [0.15, 0.2) is 4.79 Å². The van der Waals surface area contributed by atoms with Crippen LogP contribution in [0.25, 0.3) is 5.65 Å². The van der Waals surface area contributed by atoms with E-state index in [4.69, 9.17) is 17.3 Å². The second-order valence-electron chi connectivity index (χ2n) is 4.24. The van der Waals surface area contributed by atoms with Gasteiger partial charge < -0.3 is 5.73 Å². The molecule has 2 aromatic heterocycles. The van der Waals surface area contributed by atoms with E-state index in [0.717, 1.165) is 0 Å². The Morgan fingerprint density at radius 3 is 2.50 bits per heavy atom. The molecular formula is C12H15ClN4O. The van der Waals surface area contributed by atoms with Crippen LogP contribution in [0.3, 0.4) is 0 Å². The first-order chi connectivity index (χ1) is 8.47. The van der Waals surface area contributed by atoms with E-state index in [1.165, 1.54) is 4.40 Å². The summed E-state index contributed by atoms with van der Waals surface area (Å²) in [4.78, 5) is 21.1. The summed E-state index contributed by atoms with van der Waals surface area (Å²) in [5.74, 6) is 0.586. The van der Waals surface area contributed by atoms with Crippen molar-refractivity contribution in [3.8, 4) is 0 Å². The van der Waals surface area contributed by atoms with E-state index in [0.29, 0.717) is 46.4 Å². The fourth-order valence-corrected chi connectivity index (χ4v) is 2.21. The van der Waals surface area contributed by atoms with Crippen LogP contribution in [0.1, 0.15) is 22.8 Å². The van der Waals surface area contributed by atoms with Gasteiger partial charge in [0.25, 0.3) is 5.56 Å². The molecule has 5 nitrogen and oxygen atoms in total. The predicted molar refractivity (Wildman–Crippen MR) is 71.2 cm³/mol. The van der Waals surface area contributed by atoms with Gasteiger partial charge in [-0.25, -0.2) is 14.4 Å². The molecule has 0 amide bonds. The zero-order chi connectivity index (χ0) is 13.4. The van der Waals surface area contributed by atoms with Crippen LogP contribution in [0.2, 0.25) is 5.02 Å². The lowest BCUT2D eigenvalue weighted by Gasteiger charge is -2.11. The Hall–Kier alpha value is -1.46. The summed E-state index contributed by atoms with van der Waals surface area (Å²) in [6.07, 6.45) is 0.505. The number of fused-ring (bicyclic) bond motifs is 1. The maximum absolute atomic E-state index is 12.4. The van der Waals surface area contributed by atoms with Crippen LogP contribution in [0.5, 0.6) is 0 Å². The molecule has 2 N–H and O–H groups in total. The van der Waals surface area contributed by atoms with Gasteiger partial charge in [-0.3, -0.25) is 4.79 Å². The molecule has 0 unspecified atom stereocenters. The molecule has 6 heteroatoms. The molecule has 0 radical (unpaired) electrons. The minimum atomic E-state index is -0.130. The van der Waals surface area contributed by atoms with Crippen molar-refractivity contribution in [3.63, 3.8) is 0 Å². The lowest BCUT2D eigenvalue weighted by Crippen LogP contribution is -2.26. The summed E-state index contributed by atoms with van der Waals surface area (Å²) in [5.41, 5.74) is 7.83. The minimum absolute atomic E-state index is 0.130. The first-order valence-corrected chi connectivity index (χ1v) is 6.10. The van der Waals surface area contributed by atoms with Crippen molar-refractivity contribution in [1.82, 2.24) is 14.4 Å². The third-order valence-corrected chi connectivity index (χ3v) is 3.39. The van der Waals surface area contributed by atoms with Gasteiger partial charge in [0, 0.05) is 11.3 Å². The van der Waals surface area contributed by atoms with Crippen molar-refractivity contribution in [3.05, 3.63) is 38.2 Å². The average molecular weight is 267 g/mol. The number of aryl methyl sites for hydroxylation is 3. The fourth-order valence-electron chi connectivity index (χ4n) is 2.05. The largest absolute Gasteiger partial charge is 0.330 e. The summed E-state index contributed by atoms with van der Waals surface area (Å²) in [6, 6.07) is 0. The second-order valence-corrected chi connectivity index (χ2v) is 4.61.